The van der Waals surface area contributed by atoms with Gasteiger partial charge in [-0.15, -0.1) is 10.2 Å². The number of rotatable bonds is 6. The minimum atomic E-state index is -0.311. The standard InChI is InChI=1S/C18H17ClN4OS2/c1-11-6-8-14(9-7-11)21-17-22-23-18(26-17)25-12(2)16(24)20-15-5-3-4-13(19)10-15/h3-10,12H,1-2H3,(H,20,24)(H,21,22)/t12-/m0/s1. The summed E-state index contributed by atoms with van der Waals surface area (Å²) in [6.45, 7) is 3.87. The lowest BCUT2D eigenvalue weighted by Crippen LogP contribution is -2.22. The number of anilines is 3. The number of benzene rings is 2. The topological polar surface area (TPSA) is 66.9 Å². The van der Waals surface area contributed by atoms with Gasteiger partial charge in [-0.05, 0) is 44.2 Å². The summed E-state index contributed by atoms with van der Waals surface area (Å²) < 4.78 is 0.730. The van der Waals surface area contributed by atoms with Crippen LogP contribution in [0.3, 0.4) is 0 Å². The highest BCUT2D eigenvalue weighted by Gasteiger charge is 2.17. The summed E-state index contributed by atoms with van der Waals surface area (Å²) in [4.78, 5) is 12.3. The maximum absolute atomic E-state index is 12.3. The molecule has 0 bridgehead atoms. The molecule has 0 aliphatic carbocycles. The Morgan fingerprint density at radius 1 is 1.15 bits per heavy atom. The summed E-state index contributed by atoms with van der Waals surface area (Å²) in [5.41, 5.74) is 2.83. The SMILES string of the molecule is Cc1ccc(Nc2nnc(S[C@@H](C)C(=O)Nc3cccc(Cl)c3)s2)cc1. The van der Waals surface area contributed by atoms with Crippen molar-refractivity contribution in [2.45, 2.75) is 23.4 Å². The van der Waals surface area contributed by atoms with E-state index in [-0.39, 0.29) is 11.2 Å². The zero-order valence-electron chi connectivity index (χ0n) is 14.2. The average Bonchev–Trinajstić information content (AvgIpc) is 3.04. The molecule has 0 aliphatic heterocycles. The number of amides is 1. The van der Waals surface area contributed by atoms with Gasteiger partial charge in [-0.25, -0.2) is 0 Å². The predicted molar refractivity (Wildman–Crippen MR) is 110 cm³/mol. The van der Waals surface area contributed by atoms with Crippen LogP contribution in [0.15, 0.2) is 52.9 Å². The second-order valence-electron chi connectivity index (χ2n) is 5.62. The van der Waals surface area contributed by atoms with E-state index in [2.05, 4.69) is 20.8 Å². The second-order valence-corrected chi connectivity index (χ2v) is 8.63. The molecule has 1 amide bonds. The number of hydrogen-bond donors (Lipinski definition) is 2. The van der Waals surface area contributed by atoms with Crippen molar-refractivity contribution in [2.75, 3.05) is 10.6 Å². The van der Waals surface area contributed by atoms with Gasteiger partial charge in [0.15, 0.2) is 4.34 Å². The first-order chi connectivity index (χ1) is 12.5. The normalized spacial score (nSPS) is 11.8. The van der Waals surface area contributed by atoms with Crippen molar-refractivity contribution in [2.24, 2.45) is 0 Å². The fraction of sp³-hybridized carbons (Fsp3) is 0.167. The molecule has 0 radical (unpaired) electrons. The van der Waals surface area contributed by atoms with Gasteiger partial charge in [0, 0.05) is 16.4 Å². The van der Waals surface area contributed by atoms with Crippen LogP contribution in [-0.4, -0.2) is 21.4 Å². The number of nitrogens with zero attached hydrogens (tertiary/aromatic N) is 2. The first-order valence-corrected chi connectivity index (χ1v) is 9.97. The van der Waals surface area contributed by atoms with Crippen LogP contribution in [0, 0.1) is 6.92 Å². The Kier molecular flexibility index (Phi) is 6.13. The van der Waals surface area contributed by atoms with Gasteiger partial charge in [0.05, 0.1) is 5.25 Å². The first kappa shape index (κ1) is 18.7. The van der Waals surface area contributed by atoms with Crippen molar-refractivity contribution in [3.8, 4) is 0 Å². The molecule has 5 nitrogen and oxygen atoms in total. The number of nitrogens with one attached hydrogen (secondary N) is 2. The molecule has 0 unspecified atom stereocenters. The molecule has 0 spiro atoms. The van der Waals surface area contributed by atoms with E-state index >= 15 is 0 Å². The van der Waals surface area contributed by atoms with Gasteiger partial charge in [-0.2, -0.15) is 0 Å². The third-order valence-corrected chi connectivity index (χ3v) is 5.71. The highest BCUT2D eigenvalue weighted by Crippen LogP contribution is 2.31. The molecular formula is C18H17ClN4OS2. The largest absolute Gasteiger partial charge is 0.330 e. The molecule has 0 saturated carbocycles. The molecule has 134 valence electrons. The Labute approximate surface area is 165 Å². The van der Waals surface area contributed by atoms with Crippen molar-refractivity contribution < 1.29 is 4.79 Å². The highest BCUT2D eigenvalue weighted by molar-refractivity contribution is 8.02. The van der Waals surface area contributed by atoms with Crippen molar-refractivity contribution >= 4 is 57.1 Å². The number of aromatic nitrogens is 2. The minimum Gasteiger partial charge on any atom is -0.330 e. The van der Waals surface area contributed by atoms with Crippen LogP contribution in [0.5, 0.6) is 0 Å². The molecule has 8 heteroatoms. The van der Waals surface area contributed by atoms with Crippen LogP contribution < -0.4 is 10.6 Å². The van der Waals surface area contributed by atoms with Gasteiger partial charge >= 0.3 is 0 Å². The zero-order valence-corrected chi connectivity index (χ0v) is 16.6. The van der Waals surface area contributed by atoms with Gasteiger partial charge in [-0.3, -0.25) is 4.79 Å². The number of carbonyl (C=O) groups excluding carboxylic acids is 1. The molecule has 2 aromatic carbocycles. The van der Waals surface area contributed by atoms with Gasteiger partial charge in [-0.1, -0.05) is 58.5 Å². The summed E-state index contributed by atoms with van der Waals surface area (Å²) in [5, 5.41) is 15.3. The summed E-state index contributed by atoms with van der Waals surface area (Å²) >= 11 is 8.72. The van der Waals surface area contributed by atoms with E-state index in [4.69, 9.17) is 11.6 Å². The Morgan fingerprint density at radius 2 is 1.92 bits per heavy atom. The van der Waals surface area contributed by atoms with Crippen LogP contribution in [0.25, 0.3) is 0 Å². The number of halogens is 1. The number of aryl methyl sites for hydroxylation is 1. The summed E-state index contributed by atoms with van der Waals surface area (Å²) in [5.74, 6) is -0.111. The number of carbonyl (C=O) groups is 1. The molecular weight excluding hydrogens is 388 g/mol. The van der Waals surface area contributed by atoms with E-state index in [9.17, 15) is 4.79 Å². The van der Waals surface area contributed by atoms with E-state index in [1.807, 2.05) is 38.1 Å². The summed E-state index contributed by atoms with van der Waals surface area (Å²) in [6.07, 6.45) is 0. The Balaban J connectivity index is 1.57. The zero-order chi connectivity index (χ0) is 18.5. The molecule has 1 atom stereocenters. The van der Waals surface area contributed by atoms with Crippen LogP contribution in [0.1, 0.15) is 12.5 Å². The van der Waals surface area contributed by atoms with Gasteiger partial charge in [0.25, 0.3) is 0 Å². The monoisotopic (exact) mass is 404 g/mol. The van der Waals surface area contributed by atoms with E-state index in [0.29, 0.717) is 15.8 Å². The quantitative estimate of drug-likeness (QED) is 0.541. The molecule has 0 fully saturated rings. The molecule has 3 rings (SSSR count). The Hall–Kier alpha value is -2.09. The van der Waals surface area contributed by atoms with E-state index in [1.54, 1.807) is 24.3 Å². The molecule has 1 heterocycles. The lowest BCUT2D eigenvalue weighted by molar-refractivity contribution is -0.115. The maximum atomic E-state index is 12.3. The average molecular weight is 405 g/mol. The maximum Gasteiger partial charge on any atom is 0.237 e. The van der Waals surface area contributed by atoms with Crippen LogP contribution >= 0.6 is 34.7 Å². The van der Waals surface area contributed by atoms with Crippen LogP contribution in [0.4, 0.5) is 16.5 Å². The minimum absolute atomic E-state index is 0.111. The van der Waals surface area contributed by atoms with Crippen LogP contribution in [-0.2, 0) is 4.79 Å². The van der Waals surface area contributed by atoms with Gasteiger partial charge in [0.2, 0.25) is 11.0 Å². The smallest absolute Gasteiger partial charge is 0.237 e. The molecule has 3 aromatic rings. The van der Waals surface area contributed by atoms with E-state index in [1.165, 1.54) is 28.7 Å². The van der Waals surface area contributed by atoms with Crippen molar-refractivity contribution in [3.63, 3.8) is 0 Å². The van der Waals surface area contributed by atoms with Gasteiger partial charge in [0.1, 0.15) is 0 Å². The highest BCUT2D eigenvalue weighted by atomic mass is 35.5. The van der Waals surface area contributed by atoms with Crippen molar-refractivity contribution in [1.29, 1.82) is 0 Å². The third-order valence-electron chi connectivity index (χ3n) is 3.45. The molecule has 2 N–H and O–H groups in total. The fourth-order valence-electron chi connectivity index (χ4n) is 2.08. The molecule has 1 aromatic heterocycles. The summed E-state index contributed by atoms with van der Waals surface area (Å²) in [6, 6.07) is 15.1. The van der Waals surface area contributed by atoms with Crippen molar-refractivity contribution in [1.82, 2.24) is 10.2 Å². The predicted octanol–water partition coefficient (Wildman–Crippen LogP) is 5.36. The lowest BCUT2D eigenvalue weighted by Gasteiger charge is -2.10. The van der Waals surface area contributed by atoms with Gasteiger partial charge < -0.3 is 10.6 Å². The third kappa shape index (κ3) is 5.20. The lowest BCUT2D eigenvalue weighted by atomic mass is 10.2. The second kappa shape index (κ2) is 8.53. The first-order valence-electron chi connectivity index (χ1n) is 7.90. The van der Waals surface area contributed by atoms with E-state index < -0.39 is 0 Å². The Morgan fingerprint density at radius 3 is 2.65 bits per heavy atom. The Bertz CT molecular complexity index is 898. The van der Waals surface area contributed by atoms with Crippen LogP contribution in [0.2, 0.25) is 5.02 Å². The fourth-order valence-corrected chi connectivity index (χ4v) is 4.19. The molecule has 0 aliphatic rings. The molecule has 0 saturated heterocycles. The number of thioether (sulfide) groups is 1. The molecule has 26 heavy (non-hydrogen) atoms. The van der Waals surface area contributed by atoms with Crippen molar-refractivity contribution in [3.05, 3.63) is 59.1 Å². The summed E-state index contributed by atoms with van der Waals surface area (Å²) in [7, 11) is 0. The van der Waals surface area contributed by atoms with E-state index in [0.717, 1.165) is 10.0 Å². The number of hydrogen-bond acceptors (Lipinski definition) is 6.